The van der Waals surface area contributed by atoms with Crippen LogP contribution in [0.5, 0.6) is 0 Å². The second kappa shape index (κ2) is 7.89. The first-order chi connectivity index (χ1) is 14.6. The summed E-state index contributed by atoms with van der Waals surface area (Å²) in [5, 5.41) is 5.55. The Labute approximate surface area is 177 Å². The number of aromatic amines is 1. The van der Waals surface area contributed by atoms with Crippen molar-refractivity contribution in [2.75, 3.05) is 13.1 Å². The third-order valence-corrected chi connectivity index (χ3v) is 6.82. The summed E-state index contributed by atoms with van der Waals surface area (Å²) < 4.78 is 5.31. The number of carbonyl (C=O) groups is 1. The molecule has 0 radical (unpaired) electrons. The van der Waals surface area contributed by atoms with Gasteiger partial charge in [0.05, 0.1) is 5.41 Å². The fourth-order valence-corrected chi connectivity index (χ4v) is 5.10. The van der Waals surface area contributed by atoms with E-state index >= 15 is 0 Å². The summed E-state index contributed by atoms with van der Waals surface area (Å²) in [6, 6.07) is 8.35. The van der Waals surface area contributed by atoms with Gasteiger partial charge in [-0.3, -0.25) is 4.79 Å². The lowest BCUT2D eigenvalue weighted by Gasteiger charge is -2.41. The molecule has 1 aliphatic heterocycles. The average molecular weight is 407 g/mol. The second-order valence-corrected chi connectivity index (χ2v) is 9.20. The Morgan fingerprint density at radius 1 is 1.33 bits per heavy atom. The van der Waals surface area contributed by atoms with E-state index in [1.165, 1.54) is 23.8 Å². The normalized spacial score (nSPS) is 22.0. The largest absolute Gasteiger partial charge is 0.361 e. The fourth-order valence-electron chi connectivity index (χ4n) is 5.10. The van der Waals surface area contributed by atoms with E-state index in [-0.39, 0.29) is 11.3 Å². The lowest BCUT2D eigenvalue weighted by Crippen LogP contribution is -2.49. The Morgan fingerprint density at radius 2 is 2.20 bits per heavy atom. The lowest BCUT2D eigenvalue weighted by molar-refractivity contribution is -0.133. The maximum atomic E-state index is 13.1. The first kappa shape index (κ1) is 19.3. The summed E-state index contributed by atoms with van der Waals surface area (Å²) in [5.41, 5.74) is 2.32. The number of nitrogens with zero attached hydrogens (tertiary/aromatic N) is 3. The average Bonchev–Trinajstić information content (AvgIpc) is 3.29. The van der Waals surface area contributed by atoms with E-state index in [0.717, 1.165) is 62.5 Å². The van der Waals surface area contributed by atoms with Crippen LogP contribution in [-0.4, -0.2) is 39.0 Å². The van der Waals surface area contributed by atoms with Crippen LogP contribution in [0.3, 0.4) is 0 Å². The van der Waals surface area contributed by atoms with Crippen LogP contribution in [0.1, 0.15) is 62.2 Å². The van der Waals surface area contributed by atoms with Gasteiger partial charge in [0, 0.05) is 43.5 Å². The van der Waals surface area contributed by atoms with Gasteiger partial charge in [0.2, 0.25) is 11.8 Å². The highest BCUT2D eigenvalue weighted by Crippen LogP contribution is 2.45. The maximum Gasteiger partial charge on any atom is 0.223 e. The minimum absolute atomic E-state index is 0.135. The van der Waals surface area contributed by atoms with Crippen LogP contribution >= 0.6 is 0 Å². The number of rotatable bonds is 7. The number of piperidine rings is 1. The number of benzene rings is 1. The van der Waals surface area contributed by atoms with Gasteiger partial charge in [-0.1, -0.05) is 36.2 Å². The van der Waals surface area contributed by atoms with Gasteiger partial charge in [-0.05, 0) is 49.7 Å². The molecule has 1 saturated heterocycles. The zero-order valence-corrected chi connectivity index (χ0v) is 17.7. The minimum Gasteiger partial charge on any atom is -0.361 e. The van der Waals surface area contributed by atoms with Gasteiger partial charge >= 0.3 is 0 Å². The van der Waals surface area contributed by atoms with Crippen LogP contribution in [0.25, 0.3) is 10.9 Å². The number of amides is 1. The van der Waals surface area contributed by atoms with Crippen molar-refractivity contribution in [3.63, 3.8) is 0 Å². The van der Waals surface area contributed by atoms with Crippen molar-refractivity contribution in [3.8, 4) is 0 Å². The first-order valence-corrected chi connectivity index (χ1v) is 11.3. The molecule has 1 amide bonds. The smallest absolute Gasteiger partial charge is 0.223 e. The SMILES string of the molecule is Cc1nc(C2(CC3CC3)CCCN(C(=O)CCCc3c[nH]c4ccccc34)C2)no1. The number of carbonyl (C=O) groups excluding carboxylic acids is 1. The second-order valence-electron chi connectivity index (χ2n) is 9.20. The van der Waals surface area contributed by atoms with Crippen LogP contribution in [-0.2, 0) is 16.6 Å². The van der Waals surface area contributed by atoms with Crippen LogP contribution in [0, 0.1) is 12.8 Å². The highest BCUT2D eigenvalue weighted by atomic mass is 16.5. The quantitative estimate of drug-likeness (QED) is 0.625. The molecule has 1 atom stereocenters. The number of fused-ring (bicyclic) bond motifs is 1. The van der Waals surface area contributed by atoms with Crippen molar-refractivity contribution in [2.24, 2.45) is 5.92 Å². The van der Waals surface area contributed by atoms with Crippen molar-refractivity contribution in [1.82, 2.24) is 20.0 Å². The maximum absolute atomic E-state index is 13.1. The van der Waals surface area contributed by atoms with Crippen LogP contribution < -0.4 is 0 Å². The van der Waals surface area contributed by atoms with Gasteiger partial charge in [0.25, 0.3) is 0 Å². The molecule has 0 bridgehead atoms. The van der Waals surface area contributed by atoms with Crippen molar-refractivity contribution >= 4 is 16.8 Å². The van der Waals surface area contributed by atoms with E-state index in [9.17, 15) is 4.79 Å². The third-order valence-electron chi connectivity index (χ3n) is 6.82. The summed E-state index contributed by atoms with van der Waals surface area (Å²) in [6.07, 6.45) is 10.2. The molecule has 2 aliphatic rings. The Balaban J connectivity index is 1.24. The molecule has 6 nitrogen and oxygen atoms in total. The molecule has 3 heterocycles. The fraction of sp³-hybridized carbons (Fsp3) is 0.542. The molecule has 158 valence electrons. The molecule has 1 N–H and O–H groups in total. The lowest BCUT2D eigenvalue weighted by atomic mass is 9.74. The number of para-hydroxylation sites is 1. The zero-order chi connectivity index (χ0) is 20.6. The summed E-state index contributed by atoms with van der Waals surface area (Å²) in [6.45, 7) is 3.42. The topological polar surface area (TPSA) is 75.0 Å². The highest BCUT2D eigenvalue weighted by molar-refractivity contribution is 5.83. The summed E-state index contributed by atoms with van der Waals surface area (Å²) in [7, 11) is 0. The monoisotopic (exact) mass is 406 g/mol. The zero-order valence-electron chi connectivity index (χ0n) is 17.7. The first-order valence-electron chi connectivity index (χ1n) is 11.3. The molecular formula is C24H30N4O2. The van der Waals surface area contributed by atoms with Gasteiger partial charge in [-0.15, -0.1) is 0 Å². The van der Waals surface area contributed by atoms with Gasteiger partial charge in [0.15, 0.2) is 5.82 Å². The van der Waals surface area contributed by atoms with E-state index in [1.807, 2.05) is 13.0 Å². The van der Waals surface area contributed by atoms with Crippen LogP contribution in [0.2, 0.25) is 0 Å². The molecule has 2 fully saturated rings. The van der Waals surface area contributed by atoms with E-state index in [2.05, 4.69) is 44.4 Å². The summed E-state index contributed by atoms with van der Waals surface area (Å²) in [5.74, 6) is 2.43. The molecule has 1 unspecified atom stereocenters. The molecule has 1 aromatic carbocycles. The number of nitrogens with one attached hydrogen (secondary N) is 1. The van der Waals surface area contributed by atoms with E-state index in [1.54, 1.807) is 0 Å². The molecule has 3 aromatic rings. The summed E-state index contributed by atoms with van der Waals surface area (Å²) in [4.78, 5) is 23.0. The van der Waals surface area contributed by atoms with Crippen molar-refractivity contribution in [2.45, 2.75) is 63.7 Å². The van der Waals surface area contributed by atoms with Gasteiger partial charge in [0.1, 0.15) is 0 Å². The Hall–Kier alpha value is -2.63. The molecule has 1 saturated carbocycles. The molecule has 30 heavy (non-hydrogen) atoms. The van der Waals surface area contributed by atoms with Crippen LogP contribution in [0.15, 0.2) is 35.0 Å². The standard InChI is InChI=1S/C24H30N4O2/c1-17-26-23(27-30-17)24(14-18-10-11-18)12-5-13-28(16-24)22(29)9-4-6-19-15-25-21-8-3-2-7-20(19)21/h2-3,7-8,15,18,25H,4-6,9-14,16H2,1H3. The van der Waals surface area contributed by atoms with E-state index in [0.29, 0.717) is 12.3 Å². The Morgan fingerprint density at radius 3 is 3.00 bits per heavy atom. The molecule has 6 heteroatoms. The van der Waals surface area contributed by atoms with Crippen molar-refractivity contribution in [3.05, 3.63) is 47.7 Å². The van der Waals surface area contributed by atoms with Gasteiger partial charge in [-0.25, -0.2) is 0 Å². The molecule has 2 aromatic heterocycles. The minimum atomic E-state index is -0.135. The number of hydrogen-bond donors (Lipinski definition) is 1. The van der Waals surface area contributed by atoms with Crippen molar-refractivity contribution in [1.29, 1.82) is 0 Å². The van der Waals surface area contributed by atoms with E-state index in [4.69, 9.17) is 4.52 Å². The van der Waals surface area contributed by atoms with Crippen LogP contribution in [0.4, 0.5) is 0 Å². The van der Waals surface area contributed by atoms with E-state index < -0.39 is 0 Å². The number of H-pyrrole nitrogens is 1. The number of hydrogen-bond acceptors (Lipinski definition) is 4. The third kappa shape index (κ3) is 3.87. The Bertz CT molecular complexity index is 1030. The molecule has 0 spiro atoms. The predicted molar refractivity (Wildman–Crippen MR) is 115 cm³/mol. The highest BCUT2D eigenvalue weighted by Gasteiger charge is 2.45. The predicted octanol–water partition coefficient (Wildman–Crippen LogP) is 4.54. The molecular weight excluding hydrogens is 376 g/mol. The Kier molecular flexibility index (Phi) is 5.09. The van der Waals surface area contributed by atoms with Gasteiger partial charge < -0.3 is 14.4 Å². The van der Waals surface area contributed by atoms with Gasteiger partial charge in [-0.2, -0.15) is 4.98 Å². The van der Waals surface area contributed by atoms with Crippen molar-refractivity contribution < 1.29 is 9.32 Å². The molecule has 5 rings (SSSR count). The number of likely N-dealkylation sites (tertiary alicyclic amines) is 1. The number of aromatic nitrogens is 3. The summed E-state index contributed by atoms with van der Waals surface area (Å²) >= 11 is 0. The molecule has 1 aliphatic carbocycles. The number of aryl methyl sites for hydroxylation is 2.